The summed E-state index contributed by atoms with van der Waals surface area (Å²) in [4.78, 5) is 42.1. The van der Waals surface area contributed by atoms with Gasteiger partial charge in [-0.15, -0.1) is 0 Å². The summed E-state index contributed by atoms with van der Waals surface area (Å²) in [6.07, 6.45) is 4.48. The van der Waals surface area contributed by atoms with Crippen LogP contribution >= 0.6 is 0 Å². The van der Waals surface area contributed by atoms with Crippen LogP contribution in [0.3, 0.4) is 0 Å². The molecule has 2 N–H and O–H groups in total. The van der Waals surface area contributed by atoms with Crippen molar-refractivity contribution >= 4 is 23.4 Å². The van der Waals surface area contributed by atoms with Gasteiger partial charge >= 0.3 is 0 Å². The number of aromatic nitrogens is 3. The maximum Gasteiger partial charge on any atom is 0.251 e. The van der Waals surface area contributed by atoms with Gasteiger partial charge in [-0.05, 0) is 55.3 Å². The highest BCUT2D eigenvalue weighted by Crippen LogP contribution is 2.21. The fraction of sp³-hybridized carbons (Fsp3) is 0.261. The van der Waals surface area contributed by atoms with Gasteiger partial charge in [-0.2, -0.15) is 5.10 Å². The van der Waals surface area contributed by atoms with Gasteiger partial charge in [0, 0.05) is 24.2 Å². The Bertz CT molecular complexity index is 1090. The summed E-state index contributed by atoms with van der Waals surface area (Å²) >= 11 is 0. The number of benzene rings is 2. The molecule has 0 unspecified atom stereocenters. The Labute approximate surface area is 185 Å². The van der Waals surface area contributed by atoms with Crippen LogP contribution < -0.4 is 15.5 Å². The standard InChI is InChI=1S/C23H24N6O3/c1-16(17-4-10-20(11-5-17)29-15-24-14-26-29)27-21(30)13-25-23(32)18-6-8-19(9-7-18)28-12-2-3-22(28)31/h4-11,14-16H,2-3,12-13H2,1H3,(H,25,32)(H,27,30)/t16-/m0/s1. The van der Waals surface area contributed by atoms with E-state index in [-0.39, 0.29) is 30.3 Å². The number of rotatable bonds is 7. The molecule has 1 aliphatic rings. The van der Waals surface area contributed by atoms with Gasteiger partial charge in [0.1, 0.15) is 12.7 Å². The lowest BCUT2D eigenvalue weighted by atomic mass is 10.1. The fourth-order valence-electron chi connectivity index (χ4n) is 3.61. The highest BCUT2D eigenvalue weighted by Gasteiger charge is 2.21. The van der Waals surface area contributed by atoms with E-state index in [4.69, 9.17) is 0 Å². The number of nitrogens with one attached hydrogen (secondary N) is 2. The van der Waals surface area contributed by atoms with Crippen molar-refractivity contribution in [1.29, 1.82) is 0 Å². The van der Waals surface area contributed by atoms with E-state index in [1.54, 1.807) is 40.2 Å². The summed E-state index contributed by atoms with van der Waals surface area (Å²) < 4.78 is 1.65. The molecule has 0 saturated carbocycles. The summed E-state index contributed by atoms with van der Waals surface area (Å²) in [6.45, 7) is 2.45. The first-order chi connectivity index (χ1) is 15.5. The van der Waals surface area contributed by atoms with E-state index in [1.165, 1.54) is 6.33 Å². The van der Waals surface area contributed by atoms with Crippen molar-refractivity contribution in [1.82, 2.24) is 25.4 Å². The molecule has 1 atom stereocenters. The minimum absolute atomic E-state index is 0.0982. The second-order valence-corrected chi connectivity index (χ2v) is 7.60. The molecule has 9 nitrogen and oxygen atoms in total. The third kappa shape index (κ3) is 4.83. The van der Waals surface area contributed by atoms with E-state index in [0.29, 0.717) is 18.5 Å². The van der Waals surface area contributed by atoms with Crippen LogP contribution in [0.5, 0.6) is 0 Å². The molecule has 0 radical (unpaired) electrons. The van der Waals surface area contributed by atoms with Gasteiger partial charge in [-0.1, -0.05) is 12.1 Å². The zero-order valence-electron chi connectivity index (χ0n) is 17.7. The Morgan fingerprint density at radius 3 is 2.41 bits per heavy atom. The molecule has 1 aromatic heterocycles. The number of hydrogen-bond acceptors (Lipinski definition) is 5. The summed E-state index contributed by atoms with van der Waals surface area (Å²) in [6, 6.07) is 14.2. The number of amides is 3. The number of hydrogen-bond donors (Lipinski definition) is 2. The molecule has 4 rings (SSSR count). The first-order valence-electron chi connectivity index (χ1n) is 10.4. The van der Waals surface area contributed by atoms with Crippen LogP contribution in [-0.2, 0) is 9.59 Å². The van der Waals surface area contributed by atoms with Crippen LogP contribution in [0.15, 0.2) is 61.2 Å². The maximum atomic E-state index is 12.4. The van der Waals surface area contributed by atoms with E-state index in [9.17, 15) is 14.4 Å². The van der Waals surface area contributed by atoms with E-state index in [2.05, 4.69) is 20.7 Å². The number of carbonyl (C=O) groups excluding carboxylic acids is 3. The first kappa shape index (κ1) is 21.2. The first-order valence-corrected chi connectivity index (χ1v) is 10.4. The lowest BCUT2D eigenvalue weighted by molar-refractivity contribution is -0.120. The van der Waals surface area contributed by atoms with Crippen LogP contribution in [0.1, 0.15) is 41.7 Å². The molecule has 3 aromatic rings. The van der Waals surface area contributed by atoms with E-state index in [1.807, 2.05) is 31.2 Å². The average molecular weight is 432 g/mol. The van der Waals surface area contributed by atoms with Crippen LogP contribution in [0, 0.1) is 0 Å². The molecule has 0 aliphatic carbocycles. The Kier molecular flexibility index (Phi) is 6.25. The quantitative estimate of drug-likeness (QED) is 0.594. The molecular weight excluding hydrogens is 408 g/mol. The zero-order chi connectivity index (χ0) is 22.5. The number of carbonyl (C=O) groups is 3. The second kappa shape index (κ2) is 9.42. The lowest BCUT2D eigenvalue weighted by Gasteiger charge is -2.16. The molecule has 164 valence electrons. The molecule has 2 aromatic carbocycles. The van der Waals surface area contributed by atoms with Crippen molar-refractivity contribution < 1.29 is 14.4 Å². The molecule has 9 heteroatoms. The fourth-order valence-corrected chi connectivity index (χ4v) is 3.61. The van der Waals surface area contributed by atoms with Crippen LogP contribution in [-0.4, -0.2) is 45.6 Å². The molecule has 1 fully saturated rings. The van der Waals surface area contributed by atoms with Crippen LogP contribution in [0.4, 0.5) is 5.69 Å². The van der Waals surface area contributed by atoms with Gasteiger partial charge in [0.25, 0.3) is 5.91 Å². The Balaban J connectivity index is 1.27. The monoisotopic (exact) mass is 432 g/mol. The minimum Gasteiger partial charge on any atom is -0.348 e. The van der Waals surface area contributed by atoms with Crippen molar-refractivity contribution in [2.45, 2.75) is 25.8 Å². The van der Waals surface area contributed by atoms with E-state index >= 15 is 0 Å². The third-order valence-corrected chi connectivity index (χ3v) is 5.38. The van der Waals surface area contributed by atoms with Crippen LogP contribution in [0.25, 0.3) is 5.69 Å². The molecule has 0 bridgehead atoms. The largest absolute Gasteiger partial charge is 0.348 e. The summed E-state index contributed by atoms with van der Waals surface area (Å²) in [5, 5.41) is 9.59. The zero-order valence-corrected chi connectivity index (χ0v) is 17.7. The summed E-state index contributed by atoms with van der Waals surface area (Å²) in [5.74, 6) is -0.532. The molecule has 32 heavy (non-hydrogen) atoms. The van der Waals surface area contributed by atoms with E-state index < -0.39 is 0 Å². The van der Waals surface area contributed by atoms with E-state index in [0.717, 1.165) is 23.4 Å². The second-order valence-electron chi connectivity index (χ2n) is 7.60. The predicted octanol–water partition coefficient (Wildman–Crippen LogP) is 2.00. The van der Waals surface area contributed by atoms with Gasteiger partial charge < -0.3 is 15.5 Å². The molecule has 0 spiro atoms. The van der Waals surface area contributed by atoms with Gasteiger partial charge in [0.05, 0.1) is 18.3 Å². The van der Waals surface area contributed by atoms with Crippen molar-refractivity contribution in [3.05, 3.63) is 72.3 Å². The summed E-state index contributed by atoms with van der Waals surface area (Å²) in [5.41, 5.74) is 3.02. The Morgan fingerprint density at radius 1 is 1.06 bits per heavy atom. The molecule has 1 aliphatic heterocycles. The van der Waals surface area contributed by atoms with Gasteiger partial charge in [0.15, 0.2) is 0 Å². The minimum atomic E-state index is -0.343. The topological polar surface area (TPSA) is 109 Å². The number of anilines is 1. The van der Waals surface area contributed by atoms with Crippen molar-refractivity contribution in [2.75, 3.05) is 18.0 Å². The average Bonchev–Trinajstić information content (AvgIpc) is 3.50. The molecular formula is C23H24N6O3. The maximum absolute atomic E-state index is 12.4. The van der Waals surface area contributed by atoms with Gasteiger partial charge in [-0.25, -0.2) is 9.67 Å². The smallest absolute Gasteiger partial charge is 0.251 e. The molecule has 1 saturated heterocycles. The number of nitrogens with zero attached hydrogens (tertiary/aromatic N) is 4. The molecule has 3 amide bonds. The van der Waals surface area contributed by atoms with Gasteiger partial charge in [-0.3, -0.25) is 14.4 Å². The summed E-state index contributed by atoms with van der Waals surface area (Å²) in [7, 11) is 0. The molecule has 2 heterocycles. The van der Waals surface area contributed by atoms with Crippen molar-refractivity contribution in [2.24, 2.45) is 0 Å². The third-order valence-electron chi connectivity index (χ3n) is 5.38. The lowest BCUT2D eigenvalue weighted by Crippen LogP contribution is -2.38. The normalized spacial score (nSPS) is 14.3. The van der Waals surface area contributed by atoms with Crippen molar-refractivity contribution in [3.63, 3.8) is 0 Å². The van der Waals surface area contributed by atoms with Crippen molar-refractivity contribution in [3.8, 4) is 5.69 Å². The van der Waals surface area contributed by atoms with Gasteiger partial charge in [0.2, 0.25) is 11.8 Å². The Hall–Kier alpha value is -4.01. The highest BCUT2D eigenvalue weighted by molar-refractivity contribution is 5.98. The highest BCUT2D eigenvalue weighted by atomic mass is 16.2. The predicted molar refractivity (Wildman–Crippen MR) is 118 cm³/mol. The SMILES string of the molecule is C[C@H](NC(=O)CNC(=O)c1ccc(N2CCCC2=O)cc1)c1ccc(-n2cncn2)cc1. The van der Waals surface area contributed by atoms with Crippen LogP contribution in [0.2, 0.25) is 0 Å². The Morgan fingerprint density at radius 2 is 1.78 bits per heavy atom.